The summed E-state index contributed by atoms with van der Waals surface area (Å²) in [6, 6.07) is 5.63. The second-order valence-electron chi connectivity index (χ2n) is 6.18. The van der Waals surface area contributed by atoms with E-state index in [4.69, 9.17) is 9.47 Å². The lowest BCUT2D eigenvalue weighted by Crippen LogP contribution is -2.44. The summed E-state index contributed by atoms with van der Waals surface area (Å²) in [5, 5.41) is 6.62. The number of nitrogens with zero attached hydrogens (tertiary/aromatic N) is 3. The fourth-order valence-corrected chi connectivity index (χ4v) is 3.51. The number of H-pyrrole nitrogens is 1. The molecule has 2 aliphatic heterocycles. The van der Waals surface area contributed by atoms with Crippen molar-refractivity contribution in [1.29, 1.82) is 0 Å². The van der Waals surface area contributed by atoms with E-state index < -0.39 is 0 Å². The number of aromatic amines is 1. The van der Waals surface area contributed by atoms with E-state index in [0.717, 1.165) is 25.0 Å². The average molecular weight is 328 g/mol. The second-order valence-corrected chi connectivity index (χ2v) is 6.18. The van der Waals surface area contributed by atoms with Crippen molar-refractivity contribution in [2.45, 2.75) is 37.7 Å². The number of ether oxygens (including phenoxy) is 2. The zero-order valence-electron chi connectivity index (χ0n) is 13.3. The molecule has 7 nitrogen and oxygen atoms in total. The topological polar surface area (TPSA) is 80.3 Å². The van der Waals surface area contributed by atoms with Crippen molar-refractivity contribution in [2.24, 2.45) is 0 Å². The van der Waals surface area contributed by atoms with Gasteiger partial charge in [-0.15, -0.1) is 0 Å². The zero-order valence-corrected chi connectivity index (χ0v) is 13.3. The Balaban J connectivity index is 1.48. The third kappa shape index (κ3) is 2.92. The van der Waals surface area contributed by atoms with Crippen LogP contribution in [-0.2, 0) is 16.1 Å². The molecule has 2 aliphatic rings. The molecule has 0 spiro atoms. The van der Waals surface area contributed by atoms with E-state index in [1.165, 1.54) is 0 Å². The Morgan fingerprint density at radius 1 is 1.42 bits per heavy atom. The first-order valence-corrected chi connectivity index (χ1v) is 8.25. The summed E-state index contributed by atoms with van der Waals surface area (Å²) >= 11 is 0. The number of carbonyl (C=O) groups is 1. The molecule has 4 heterocycles. The van der Waals surface area contributed by atoms with E-state index in [2.05, 4.69) is 15.2 Å². The Morgan fingerprint density at radius 2 is 2.38 bits per heavy atom. The second kappa shape index (κ2) is 6.70. The SMILES string of the molecule is O=C(c1ccn[nH]1)N1C[C@H](OCc2cccnc2)[C@H]2OCCC[C@H]21. The number of hydrogen-bond acceptors (Lipinski definition) is 5. The molecule has 0 saturated carbocycles. The summed E-state index contributed by atoms with van der Waals surface area (Å²) in [6.07, 6.45) is 6.84. The van der Waals surface area contributed by atoms with E-state index in [1.807, 2.05) is 17.0 Å². The van der Waals surface area contributed by atoms with Gasteiger partial charge in [-0.3, -0.25) is 14.9 Å². The highest BCUT2D eigenvalue weighted by molar-refractivity contribution is 5.92. The van der Waals surface area contributed by atoms with Gasteiger partial charge in [0.2, 0.25) is 0 Å². The van der Waals surface area contributed by atoms with Gasteiger partial charge in [0.15, 0.2) is 0 Å². The van der Waals surface area contributed by atoms with E-state index in [9.17, 15) is 4.79 Å². The van der Waals surface area contributed by atoms with E-state index in [0.29, 0.717) is 18.8 Å². The zero-order chi connectivity index (χ0) is 16.4. The number of nitrogens with one attached hydrogen (secondary N) is 1. The van der Waals surface area contributed by atoms with Crippen LogP contribution >= 0.6 is 0 Å². The van der Waals surface area contributed by atoms with Crippen LogP contribution in [0.1, 0.15) is 28.9 Å². The lowest BCUT2D eigenvalue weighted by atomic mass is 10.0. The summed E-state index contributed by atoms with van der Waals surface area (Å²) in [4.78, 5) is 18.7. The number of carbonyl (C=O) groups excluding carboxylic acids is 1. The highest BCUT2D eigenvalue weighted by Crippen LogP contribution is 2.32. The van der Waals surface area contributed by atoms with E-state index >= 15 is 0 Å². The molecule has 0 aliphatic carbocycles. The van der Waals surface area contributed by atoms with Crippen LogP contribution in [0.25, 0.3) is 0 Å². The summed E-state index contributed by atoms with van der Waals surface area (Å²) in [5.74, 6) is -0.0412. The van der Waals surface area contributed by atoms with Crippen LogP contribution in [0.4, 0.5) is 0 Å². The van der Waals surface area contributed by atoms with Crippen molar-refractivity contribution in [3.63, 3.8) is 0 Å². The van der Waals surface area contributed by atoms with E-state index in [-0.39, 0.29) is 24.2 Å². The fourth-order valence-electron chi connectivity index (χ4n) is 3.51. The maximum atomic E-state index is 12.7. The van der Waals surface area contributed by atoms with Gasteiger partial charge in [0.25, 0.3) is 5.91 Å². The molecule has 2 aromatic rings. The molecule has 126 valence electrons. The molecule has 2 saturated heterocycles. The van der Waals surface area contributed by atoms with Gasteiger partial charge in [-0.1, -0.05) is 6.07 Å². The minimum absolute atomic E-state index is 0.0412. The summed E-state index contributed by atoms with van der Waals surface area (Å²) in [6.45, 7) is 1.73. The number of fused-ring (bicyclic) bond motifs is 1. The highest BCUT2D eigenvalue weighted by atomic mass is 16.5. The number of likely N-dealkylation sites (tertiary alicyclic amines) is 1. The molecule has 1 N–H and O–H groups in total. The van der Waals surface area contributed by atoms with Gasteiger partial charge >= 0.3 is 0 Å². The van der Waals surface area contributed by atoms with Crippen molar-refractivity contribution >= 4 is 5.91 Å². The number of aromatic nitrogens is 3. The molecule has 0 unspecified atom stereocenters. The van der Waals surface area contributed by atoms with Crippen molar-refractivity contribution in [3.05, 3.63) is 48.0 Å². The van der Waals surface area contributed by atoms with Crippen molar-refractivity contribution in [1.82, 2.24) is 20.1 Å². The van der Waals surface area contributed by atoms with Crippen LogP contribution in [0.2, 0.25) is 0 Å². The molecule has 0 bridgehead atoms. The molecule has 2 aromatic heterocycles. The van der Waals surface area contributed by atoms with Gasteiger partial charge < -0.3 is 14.4 Å². The summed E-state index contributed by atoms with van der Waals surface area (Å²) in [5.41, 5.74) is 1.52. The molecule has 24 heavy (non-hydrogen) atoms. The third-order valence-electron chi connectivity index (χ3n) is 4.66. The van der Waals surface area contributed by atoms with Crippen LogP contribution in [-0.4, -0.2) is 57.4 Å². The Morgan fingerprint density at radius 3 is 3.17 bits per heavy atom. The first-order valence-electron chi connectivity index (χ1n) is 8.25. The minimum Gasteiger partial charge on any atom is -0.373 e. The van der Waals surface area contributed by atoms with Crippen molar-refractivity contribution in [3.8, 4) is 0 Å². The quantitative estimate of drug-likeness (QED) is 0.917. The van der Waals surface area contributed by atoms with Crippen LogP contribution < -0.4 is 0 Å². The smallest absolute Gasteiger partial charge is 0.272 e. The summed E-state index contributed by atoms with van der Waals surface area (Å²) < 4.78 is 12.0. The Hall–Kier alpha value is -2.25. The van der Waals surface area contributed by atoms with Gasteiger partial charge in [0, 0.05) is 25.2 Å². The monoisotopic (exact) mass is 328 g/mol. The maximum Gasteiger partial charge on any atom is 0.272 e. The predicted octanol–water partition coefficient (Wildman–Crippen LogP) is 1.39. The Bertz CT molecular complexity index is 676. The van der Waals surface area contributed by atoms with Crippen LogP contribution in [0, 0.1) is 0 Å². The largest absolute Gasteiger partial charge is 0.373 e. The average Bonchev–Trinajstić information content (AvgIpc) is 3.29. The van der Waals surface area contributed by atoms with Gasteiger partial charge in [0.1, 0.15) is 17.9 Å². The third-order valence-corrected chi connectivity index (χ3v) is 4.66. The lowest BCUT2D eigenvalue weighted by Gasteiger charge is -2.31. The van der Waals surface area contributed by atoms with E-state index in [1.54, 1.807) is 24.7 Å². The van der Waals surface area contributed by atoms with Gasteiger partial charge in [0.05, 0.1) is 19.2 Å². The molecule has 2 fully saturated rings. The van der Waals surface area contributed by atoms with Crippen LogP contribution in [0.15, 0.2) is 36.8 Å². The maximum absolute atomic E-state index is 12.7. The Labute approximate surface area is 140 Å². The molecular formula is C17H20N4O3. The van der Waals surface area contributed by atoms with Gasteiger partial charge in [-0.25, -0.2) is 0 Å². The minimum atomic E-state index is -0.123. The lowest BCUT2D eigenvalue weighted by molar-refractivity contribution is -0.0810. The molecule has 0 radical (unpaired) electrons. The molecular weight excluding hydrogens is 308 g/mol. The predicted molar refractivity (Wildman–Crippen MR) is 85.2 cm³/mol. The first-order chi connectivity index (χ1) is 11.8. The summed E-state index contributed by atoms with van der Waals surface area (Å²) in [7, 11) is 0. The Kier molecular flexibility index (Phi) is 4.27. The number of rotatable bonds is 4. The highest BCUT2D eigenvalue weighted by Gasteiger charge is 2.47. The van der Waals surface area contributed by atoms with Crippen LogP contribution in [0.5, 0.6) is 0 Å². The van der Waals surface area contributed by atoms with Gasteiger partial charge in [-0.2, -0.15) is 5.10 Å². The number of hydrogen-bond donors (Lipinski definition) is 1. The standard InChI is InChI=1S/C17H20N4O3/c22-17(13-5-7-19-20-13)21-10-15(16-14(21)4-2-8-23-16)24-11-12-3-1-6-18-9-12/h1,3,5-7,9,14-16H,2,4,8,10-11H2,(H,19,20)/t14-,15+,16+/m1/s1. The molecule has 0 aromatic carbocycles. The molecule has 1 amide bonds. The molecule has 3 atom stereocenters. The van der Waals surface area contributed by atoms with Crippen molar-refractivity contribution < 1.29 is 14.3 Å². The van der Waals surface area contributed by atoms with Crippen molar-refractivity contribution in [2.75, 3.05) is 13.2 Å². The number of amides is 1. The fraction of sp³-hybridized carbons (Fsp3) is 0.471. The normalized spacial score (nSPS) is 26.3. The molecule has 7 heteroatoms. The first kappa shape index (κ1) is 15.3. The molecule has 4 rings (SSSR count). The van der Waals surface area contributed by atoms with Crippen LogP contribution in [0.3, 0.4) is 0 Å². The number of pyridine rings is 1. The van der Waals surface area contributed by atoms with Gasteiger partial charge in [-0.05, 0) is 30.5 Å².